The number of rotatable bonds is 8. The van der Waals surface area contributed by atoms with Crippen molar-refractivity contribution in [2.75, 3.05) is 6.54 Å². The van der Waals surface area contributed by atoms with Crippen molar-refractivity contribution in [3.05, 3.63) is 57.3 Å². The molecule has 2 atom stereocenters. The molecule has 2 aromatic rings. The Bertz CT molecular complexity index is 782. The first-order valence-electron chi connectivity index (χ1n) is 10.5. The SMILES string of the molecule is CC(C)c1cc(C2(NCC(O)C(N)Cc3cc(F)cc(F)c3)CCCCC2)cs1. The molecule has 0 amide bonds. The van der Waals surface area contributed by atoms with Crippen molar-refractivity contribution in [2.24, 2.45) is 5.73 Å². The zero-order chi connectivity index (χ0) is 21.0. The van der Waals surface area contributed by atoms with Crippen LogP contribution in [0.3, 0.4) is 0 Å². The molecule has 1 aromatic heterocycles. The summed E-state index contributed by atoms with van der Waals surface area (Å²) in [7, 11) is 0. The molecule has 0 spiro atoms. The molecule has 0 radical (unpaired) electrons. The van der Waals surface area contributed by atoms with Gasteiger partial charge in [-0.15, -0.1) is 11.3 Å². The van der Waals surface area contributed by atoms with Crippen molar-refractivity contribution >= 4 is 11.3 Å². The highest BCUT2D eigenvalue weighted by atomic mass is 32.1. The van der Waals surface area contributed by atoms with Gasteiger partial charge >= 0.3 is 0 Å². The van der Waals surface area contributed by atoms with Crippen LogP contribution in [0, 0.1) is 11.6 Å². The summed E-state index contributed by atoms with van der Waals surface area (Å²) in [5.74, 6) is -0.751. The Morgan fingerprint density at radius 2 is 1.76 bits per heavy atom. The lowest BCUT2D eigenvalue weighted by Crippen LogP contribution is -2.51. The highest BCUT2D eigenvalue weighted by molar-refractivity contribution is 7.10. The number of nitrogens with one attached hydrogen (secondary N) is 1. The minimum Gasteiger partial charge on any atom is -0.390 e. The molecular weight excluding hydrogens is 390 g/mol. The molecule has 2 unspecified atom stereocenters. The number of halogens is 2. The van der Waals surface area contributed by atoms with Crippen LogP contribution in [0.5, 0.6) is 0 Å². The molecule has 1 heterocycles. The third-order valence-corrected chi connectivity index (χ3v) is 7.22. The van der Waals surface area contributed by atoms with Gasteiger partial charge in [-0.05, 0) is 59.9 Å². The van der Waals surface area contributed by atoms with Crippen molar-refractivity contribution in [1.82, 2.24) is 5.32 Å². The van der Waals surface area contributed by atoms with Crippen molar-refractivity contribution in [2.45, 2.75) is 76.0 Å². The zero-order valence-corrected chi connectivity index (χ0v) is 18.1. The normalized spacial score (nSPS) is 18.7. The Labute approximate surface area is 176 Å². The average molecular weight is 423 g/mol. The molecule has 4 N–H and O–H groups in total. The molecule has 1 aromatic carbocycles. The monoisotopic (exact) mass is 422 g/mol. The largest absolute Gasteiger partial charge is 0.390 e. The van der Waals surface area contributed by atoms with Gasteiger partial charge in [0.2, 0.25) is 0 Å². The second-order valence-electron chi connectivity index (χ2n) is 8.63. The predicted molar refractivity (Wildman–Crippen MR) is 115 cm³/mol. The summed E-state index contributed by atoms with van der Waals surface area (Å²) in [5, 5.41) is 16.5. The number of aliphatic hydroxyl groups excluding tert-OH is 1. The number of nitrogens with two attached hydrogens (primary N) is 1. The molecule has 29 heavy (non-hydrogen) atoms. The van der Waals surface area contributed by atoms with E-state index in [0.29, 0.717) is 18.0 Å². The summed E-state index contributed by atoms with van der Waals surface area (Å²) in [6, 6.07) is 5.08. The Kier molecular flexibility index (Phi) is 7.43. The number of thiophene rings is 1. The van der Waals surface area contributed by atoms with E-state index in [1.165, 1.54) is 29.0 Å². The fourth-order valence-electron chi connectivity index (χ4n) is 4.22. The van der Waals surface area contributed by atoms with Gasteiger partial charge in [-0.3, -0.25) is 0 Å². The van der Waals surface area contributed by atoms with E-state index >= 15 is 0 Å². The third-order valence-electron chi connectivity index (χ3n) is 5.99. The van der Waals surface area contributed by atoms with Gasteiger partial charge in [0.15, 0.2) is 0 Å². The van der Waals surface area contributed by atoms with Gasteiger partial charge in [-0.2, -0.15) is 0 Å². The van der Waals surface area contributed by atoms with Gasteiger partial charge in [0, 0.05) is 29.1 Å². The van der Waals surface area contributed by atoms with Crippen molar-refractivity contribution in [1.29, 1.82) is 0 Å². The summed E-state index contributed by atoms with van der Waals surface area (Å²) in [4.78, 5) is 1.37. The Balaban J connectivity index is 1.66. The highest BCUT2D eigenvalue weighted by Gasteiger charge is 2.35. The smallest absolute Gasteiger partial charge is 0.126 e. The number of benzene rings is 1. The summed E-state index contributed by atoms with van der Waals surface area (Å²) in [6.45, 7) is 4.76. The van der Waals surface area contributed by atoms with E-state index in [2.05, 4.69) is 30.6 Å². The molecule has 1 aliphatic rings. The maximum absolute atomic E-state index is 13.4. The molecular formula is C23H32F2N2OS. The van der Waals surface area contributed by atoms with Crippen molar-refractivity contribution in [3.8, 4) is 0 Å². The second-order valence-corrected chi connectivity index (χ2v) is 9.57. The van der Waals surface area contributed by atoms with Gasteiger partial charge in [-0.1, -0.05) is 33.1 Å². The van der Waals surface area contributed by atoms with E-state index in [4.69, 9.17) is 5.73 Å². The van der Waals surface area contributed by atoms with Gasteiger partial charge in [0.05, 0.1) is 6.10 Å². The van der Waals surface area contributed by atoms with Crippen LogP contribution in [-0.2, 0) is 12.0 Å². The molecule has 6 heteroatoms. The minimum absolute atomic E-state index is 0.131. The van der Waals surface area contributed by atoms with E-state index in [1.54, 1.807) is 11.3 Å². The topological polar surface area (TPSA) is 58.3 Å². The molecule has 160 valence electrons. The molecule has 1 fully saturated rings. The second kappa shape index (κ2) is 9.65. The highest BCUT2D eigenvalue weighted by Crippen LogP contribution is 2.40. The molecule has 0 aliphatic heterocycles. The van der Waals surface area contributed by atoms with Crippen molar-refractivity contribution < 1.29 is 13.9 Å². The van der Waals surface area contributed by atoms with Crippen LogP contribution < -0.4 is 11.1 Å². The maximum Gasteiger partial charge on any atom is 0.126 e. The van der Waals surface area contributed by atoms with Crippen LogP contribution in [0.15, 0.2) is 29.6 Å². The Hall–Kier alpha value is -1.34. The minimum atomic E-state index is -0.802. The van der Waals surface area contributed by atoms with Crippen LogP contribution >= 0.6 is 11.3 Å². The predicted octanol–water partition coefficient (Wildman–Crippen LogP) is 4.83. The van der Waals surface area contributed by atoms with Crippen LogP contribution in [-0.4, -0.2) is 23.8 Å². The fraction of sp³-hybridized carbons (Fsp3) is 0.565. The van der Waals surface area contributed by atoms with E-state index in [-0.39, 0.29) is 12.0 Å². The quantitative estimate of drug-likeness (QED) is 0.571. The number of hydrogen-bond acceptors (Lipinski definition) is 4. The fourth-order valence-corrected chi connectivity index (χ4v) is 5.24. The molecule has 1 aliphatic carbocycles. The molecule has 0 saturated heterocycles. The lowest BCUT2D eigenvalue weighted by atomic mass is 9.77. The van der Waals surface area contributed by atoms with Crippen LogP contribution in [0.25, 0.3) is 0 Å². The van der Waals surface area contributed by atoms with Gasteiger partial charge < -0.3 is 16.2 Å². The van der Waals surface area contributed by atoms with Gasteiger partial charge in [0.25, 0.3) is 0 Å². The molecule has 3 rings (SSSR count). The lowest BCUT2D eigenvalue weighted by Gasteiger charge is -2.39. The Morgan fingerprint density at radius 3 is 2.34 bits per heavy atom. The number of aliphatic hydroxyl groups is 1. The maximum atomic E-state index is 13.4. The van der Waals surface area contributed by atoms with E-state index in [9.17, 15) is 13.9 Å². The van der Waals surface area contributed by atoms with E-state index in [1.807, 2.05) is 0 Å². The first-order valence-corrected chi connectivity index (χ1v) is 11.4. The summed E-state index contributed by atoms with van der Waals surface area (Å²) in [6.07, 6.45) is 5.05. The first kappa shape index (κ1) is 22.3. The van der Waals surface area contributed by atoms with Crippen LogP contribution in [0.4, 0.5) is 8.78 Å². The molecule has 3 nitrogen and oxygen atoms in total. The standard InChI is InChI=1S/C23H32F2N2OS/c1-15(2)22-11-17(14-29-22)23(6-4-3-5-7-23)27-13-21(28)20(26)10-16-8-18(24)12-19(25)9-16/h8-9,11-12,14-15,20-21,27-28H,3-7,10,13,26H2,1-2H3. The van der Waals surface area contributed by atoms with Crippen LogP contribution in [0.1, 0.15) is 67.9 Å². The summed E-state index contributed by atoms with van der Waals surface area (Å²) in [5.41, 5.74) is 7.79. The van der Waals surface area contributed by atoms with E-state index < -0.39 is 23.8 Å². The lowest BCUT2D eigenvalue weighted by molar-refractivity contribution is 0.117. The molecule has 1 saturated carbocycles. The summed E-state index contributed by atoms with van der Waals surface area (Å²) < 4.78 is 26.8. The van der Waals surface area contributed by atoms with Gasteiger partial charge in [0.1, 0.15) is 11.6 Å². The first-order chi connectivity index (χ1) is 13.8. The zero-order valence-electron chi connectivity index (χ0n) is 17.3. The van der Waals surface area contributed by atoms with E-state index in [0.717, 1.165) is 31.7 Å². The van der Waals surface area contributed by atoms with Crippen LogP contribution in [0.2, 0.25) is 0 Å². The third kappa shape index (κ3) is 5.63. The summed E-state index contributed by atoms with van der Waals surface area (Å²) >= 11 is 1.80. The average Bonchev–Trinajstić information content (AvgIpc) is 3.17. The Morgan fingerprint density at radius 1 is 1.10 bits per heavy atom. The van der Waals surface area contributed by atoms with Crippen molar-refractivity contribution in [3.63, 3.8) is 0 Å². The molecule has 0 bridgehead atoms. The van der Waals surface area contributed by atoms with Gasteiger partial charge in [-0.25, -0.2) is 8.78 Å². The number of hydrogen-bond donors (Lipinski definition) is 3.